The smallest absolute Gasteiger partial charge is 0.221 e. The van der Waals surface area contributed by atoms with Crippen LogP contribution in [-0.2, 0) is 24.7 Å². The molecule has 9 heteroatoms. The van der Waals surface area contributed by atoms with Crippen molar-refractivity contribution in [2.24, 2.45) is 0 Å². The van der Waals surface area contributed by atoms with E-state index < -0.39 is 19.9 Å². The molecule has 1 N–H and O–H groups in total. The lowest BCUT2D eigenvalue weighted by Crippen LogP contribution is -2.49. The number of carbonyl (C=O) groups excluding carboxylic acids is 1. The van der Waals surface area contributed by atoms with Gasteiger partial charge in [-0.1, -0.05) is 17.7 Å². The number of sulfonamides is 1. The molecule has 0 spiro atoms. The fraction of sp³-hybridized carbons (Fsp3) is 0.562. The summed E-state index contributed by atoms with van der Waals surface area (Å²) in [6.45, 7) is 2.55. The molecule has 1 amide bonds. The van der Waals surface area contributed by atoms with Gasteiger partial charge in [0.15, 0.2) is 9.84 Å². The number of aryl methyl sites for hydroxylation is 1. The van der Waals surface area contributed by atoms with Crippen LogP contribution in [0.5, 0.6) is 0 Å². The molecule has 25 heavy (non-hydrogen) atoms. The lowest BCUT2D eigenvalue weighted by Gasteiger charge is -2.31. The summed E-state index contributed by atoms with van der Waals surface area (Å²) >= 11 is 0. The Balaban J connectivity index is 1.89. The van der Waals surface area contributed by atoms with Crippen molar-refractivity contribution in [1.29, 1.82) is 0 Å². The van der Waals surface area contributed by atoms with Gasteiger partial charge < -0.3 is 5.32 Å². The highest BCUT2D eigenvalue weighted by molar-refractivity contribution is 7.91. The first-order chi connectivity index (χ1) is 11.6. The van der Waals surface area contributed by atoms with Crippen molar-refractivity contribution in [1.82, 2.24) is 9.62 Å². The summed E-state index contributed by atoms with van der Waals surface area (Å²) in [5.74, 6) is -0.652. The minimum atomic E-state index is -3.51. The van der Waals surface area contributed by atoms with E-state index in [2.05, 4.69) is 5.32 Å². The van der Waals surface area contributed by atoms with Gasteiger partial charge in [-0.25, -0.2) is 21.1 Å². The summed E-state index contributed by atoms with van der Waals surface area (Å²) in [4.78, 5) is 12.3. The highest BCUT2D eigenvalue weighted by Gasteiger charge is 2.27. The van der Waals surface area contributed by atoms with Crippen LogP contribution in [0.15, 0.2) is 29.2 Å². The second-order valence-corrected chi connectivity index (χ2v) is 10.5. The molecule has 1 aliphatic rings. The highest BCUT2D eigenvalue weighted by atomic mass is 32.2. The fourth-order valence-electron chi connectivity index (χ4n) is 2.75. The molecule has 0 saturated carbocycles. The summed E-state index contributed by atoms with van der Waals surface area (Å²) in [7, 11) is -6.80. The summed E-state index contributed by atoms with van der Waals surface area (Å²) in [6, 6.07) is 6.23. The SMILES string of the molecule is Cc1ccc(S(=O)(=O)CCC(=O)NC2CCCN(S(C)(=O)=O)C2)cc1. The van der Waals surface area contributed by atoms with Crippen LogP contribution in [0.1, 0.15) is 24.8 Å². The number of nitrogens with one attached hydrogen (secondary N) is 1. The van der Waals surface area contributed by atoms with E-state index >= 15 is 0 Å². The zero-order valence-electron chi connectivity index (χ0n) is 14.4. The fourth-order valence-corrected chi connectivity index (χ4v) is 4.90. The molecule has 1 unspecified atom stereocenters. The molecule has 0 radical (unpaired) electrons. The van der Waals surface area contributed by atoms with Crippen molar-refractivity contribution in [2.75, 3.05) is 25.1 Å². The number of hydrogen-bond donors (Lipinski definition) is 1. The molecule has 0 aromatic heterocycles. The van der Waals surface area contributed by atoms with Crippen molar-refractivity contribution in [3.8, 4) is 0 Å². The molecule has 7 nitrogen and oxygen atoms in total. The summed E-state index contributed by atoms with van der Waals surface area (Å²) in [5, 5.41) is 2.74. The van der Waals surface area contributed by atoms with Crippen molar-refractivity contribution in [3.63, 3.8) is 0 Å². The quantitative estimate of drug-likeness (QED) is 0.773. The average Bonchev–Trinajstić information content (AvgIpc) is 2.53. The molecular formula is C16H24N2O5S2. The van der Waals surface area contributed by atoms with Gasteiger partial charge in [-0.05, 0) is 31.9 Å². The Labute approximate surface area is 149 Å². The minimum Gasteiger partial charge on any atom is -0.352 e. The zero-order valence-corrected chi connectivity index (χ0v) is 16.1. The molecule has 1 atom stereocenters. The van der Waals surface area contributed by atoms with Crippen molar-refractivity contribution >= 4 is 25.8 Å². The number of carbonyl (C=O) groups is 1. The van der Waals surface area contributed by atoms with Crippen LogP contribution < -0.4 is 5.32 Å². The van der Waals surface area contributed by atoms with Gasteiger partial charge in [-0.3, -0.25) is 4.79 Å². The number of benzene rings is 1. The highest BCUT2D eigenvalue weighted by Crippen LogP contribution is 2.15. The second kappa shape index (κ2) is 7.84. The van der Waals surface area contributed by atoms with E-state index in [1.54, 1.807) is 12.1 Å². The maximum absolute atomic E-state index is 12.3. The zero-order chi connectivity index (χ0) is 18.7. The second-order valence-electron chi connectivity index (χ2n) is 6.41. The Morgan fingerprint density at radius 1 is 1.20 bits per heavy atom. The molecular weight excluding hydrogens is 364 g/mol. The van der Waals surface area contributed by atoms with Gasteiger partial charge in [0.2, 0.25) is 15.9 Å². The first kappa shape index (κ1) is 19.9. The Kier molecular flexibility index (Phi) is 6.23. The maximum Gasteiger partial charge on any atom is 0.221 e. The maximum atomic E-state index is 12.3. The molecule has 0 bridgehead atoms. The van der Waals surface area contributed by atoms with Gasteiger partial charge in [0, 0.05) is 25.6 Å². The molecule has 1 aromatic carbocycles. The normalized spacial score (nSPS) is 19.5. The third-order valence-corrected chi connectivity index (χ3v) is 7.20. The predicted octanol–water partition coefficient (Wildman–Crippen LogP) is 0.699. The van der Waals surface area contributed by atoms with E-state index in [1.807, 2.05) is 6.92 Å². The number of hydrogen-bond acceptors (Lipinski definition) is 5. The lowest BCUT2D eigenvalue weighted by molar-refractivity contribution is -0.121. The largest absolute Gasteiger partial charge is 0.352 e. The number of piperidine rings is 1. The van der Waals surface area contributed by atoms with Crippen LogP contribution in [0, 0.1) is 6.92 Å². The molecule has 140 valence electrons. The van der Waals surface area contributed by atoms with Gasteiger partial charge in [0.1, 0.15) is 0 Å². The van der Waals surface area contributed by atoms with E-state index in [-0.39, 0.29) is 35.6 Å². The van der Waals surface area contributed by atoms with Crippen molar-refractivity contribution < 1.29 is 21.6 Å². The molecule has 1 aromatic rings. The standard InChI is InChI=1S/C16H24N2O5S2/c1-13-5-7-15(8-6-13)25(22,23)11-9-16(19)17-14-4-3-10-18(12-14)24(2,20)21/h5-8,14H,3-4,9-12H2,1-2H3,(H,17,19). The predicted molar refractivity (Wildman–Crippen MR) is 95.4 cm³/mol. The Morgan fingerprint density at radius 3 is 2.44 bits per heavy atom. The van der Waals surface area contributed by atoms with E-state index in [4.69, 9.17) is 0 Å². The summed E-state index contributed by atoms with van der Waals surface area (Å²) in [5.41, 5.74) is 0.962. The minimum absolute atomic E-state index is 0.147. The molecule has 1 aliphatic heterocycles. The van der Waals surface area contributed by atoms with Gasteiger partial charge in [-0.2, -0.15) is 0 Å². The monoisotopic (exact) mass is 388 g/mol. The van der Waals surface area contributed by atoms with Crippen LogP contribution >= 0.6 is 0 Å². The van der Waals surface area contributed by atoms with Crippen LogP contribution in [0.25, 0.3) is 0 Å². The average molecular weight is 389 g/mol. The van der Waals surface area contributed by atoms with Crippen LogP contribution in [0.2, 0.25) is 0 Å². The van der Waals surface area contributed by atoms with Crippen molar-refractivity contribution in [2.45, 2.75) is 37.1 Å². The first-order valence-corrected chi connectivity index (χ1v) is 11.6. The van der Waals surface area contributed by atoms with Gasteiger partial charge >= 0.3 is 0 Å². The molecule has 0 aliphatic carbocycles. The summed E-state index contributed by atoms with van der Waals surface area (Å²) < 4.78 is 49.0. The van der Waals surface area contributed by atoms with E-state index in [0.717, 1.165) is 11.8 Å². The molecule has 2 rings (SSSR count). The van der Waals surface area contributed by atoms with E-state index in [0.29, 0.717) is 19.4 Å². The van der Waals surface area contributed by atoms with Gasteiger partial charge in [0.25, 0.3) is 0 Å². The Hall–Kier alpha value is -1.45. The van der Waals surface area contributed by atoms with Gasteiger partial charge in [0.05, 0.1) is 16.9 Å². The van der Waals surface area contributed by atoms with Crippen LogP contribution in [0.3, 0.4) is 0 Å². The summed E-state index contributed by atoms with van der Waals surface area (Å²) in [6.07, 6.45) is 2.35. The van der Waals surface area contributed by atoms with E-state index in [1.165, 1.54) is 16.4 Å². The van der Waals surface area contributed by atoms with Gasteiger partial charge in [-0.15, -0.1) is 0 Å². The van der Waals surface area contributed by atoms with Crippen LogP contribution in [0.4, 0.5) is 0 Å². The molecule has 1 heterocycles. The van der Waals surface area contributed by atoms with Crippen molar-refractivity contribution in [3.05, 3.63) is 29.8 Å². The number of amides is 1. The number of nitrogens with zero attached hydrogens (tertiary/aromatic N) is 1. The van der Waals surface area contributed by atoms with Crippen LogP contribution in [-0.4, -0.2) is 58.2 Å². The van der Waals surface area contributed by atoms with E-state index in [9.17, 15) is 21.6 Å². The Bertz CT molecular complexity index is 817. The third kappa shape index (κ3) is 5.79. The number of sulfone groups is 1. The molecule has 1 saturated heterocycles. The topological polar surface area (TPSA) is 101 Å². The third-order valence-electron chi connectivity index (χ3n) is 4.20. The Morgan fingerprint density at radius 2 is 1.84 bits per heavy atom. The molecule has 1 fully saturated rings. The first-order valence-electron chi connectivity index (χ1n) is 8.12. The number of rotatable bonds is 6. The lowest BCUT2D eigenvalue weighted by atomic mass is 10.1.